The Morgan fingerprint density at radius 1 is 1.27 bits per heavy atom. The fraction of sp³-hybridized carbons (Fsp3) is 0.217. The summed E-state index contributed by atoms with van der Waals surface area (Å²) in [4.78, 5) is 14.5. The number of rotatable bonds is 3. The molecule has 154 valence electrons. The third kappa shape index (κ3) is 4.21. The first-order chi connectivity index (χ1) is 14.0. The molecule has 1 aliphatic rings. The molecule has 0 bridgehead atoms. The Labute approximate surface area is 185 Å². The largest absolute Gasteiger partial charge is 0.365 e. The van der Waals surface area contributed by atoms with Crippen molar-refractivity contribution in [3.8, 4) is 6.07 Å². The van der Waals surface area contributed by atoms with Crippen molar-refractivity contribution >= 4 is 52.1 Å². The second-order valence-electron chi connectivity index (χ2n) is 7.68. The highest BCUT2D eigenvalue weighted by atomic mass is 35.5. The predicted molar refractivity (Wildman–Crippen MR) is 121 cm³/mol. The number of hydrogen-bond donors (Lipinski definition) is 1. The van der Waals surface area contributed by atoms with Gasteiger partial charge in [0.05, 0.1) is 16.2 Å². The number of hydrogen-bond acceptors (Lipinski definition) is 3. The van der Waals surface area contributed by atoms with Gasteiger partial charge >= 0.3 is 0 Å². The lowest BCUT2D eigenvalue weighted by molar-refractivity contribution is -0.112. The molecule has 0 fully saturated rings. The van der Waals surface area contributed by atoms with Crippen LogP contribution in [0.1, 0.15) is 31.9 Å². The Bertz CT molecular complexity index is 1150. The van der Waals surface area contributed by atoms with Crippen LogP contribution in [0, 0.1) is 17.1 Å². The van der Waals surface area contributed by atoms with Crippen molar-refractivity contribution in [2.45, 2.75) is 26.3 Å². The van der Waals surface area contributed by atoms with Crippen LogP contribution in [0.15, 0.2) is 42.0 Å². The van der Waals surface area contributed by atoms with Crippen molar-refractivity contribution in [3.05, 3.63) is 69.0 Å². The third-order valence-electron chi connectivity index (χ3n) is 5.18. The van der Waals surface area contributed by atoms with Gasteiger partial charge in [0.1, 0.15) is 17.5 Å². The van der Waals surface area contributed by atoms with E-state index in [4.69, 9.17) is 23.2 Å². The Morgan fingerprint density at radius 2 is 1.97 bits per heavy atom. The van der Waals surface area contributed by atoms with Crippen LogP contribution in [-0.2, 0) is 4.79 Å². The Hall–Kier alpha value is -2.81. The number of allylic oxidation sites excluding steroid dienone is 1. The van der Waals surface area contributed by atoms with E-state index in [-0.39, 0.29) is 21.7 Å². The van der Waals surface area contributed by atoms with E-state index in [0.29, 0.717) is 10.7 Å². The lowest BCUT2D eigenvalue weighted by atomic mass is 9.88. The van der Waals surface area contributed by atoms with Crippen molar-refractivity contribution < 1.29 is 9.18 Å². The van der Waals surface area contributed by atoms with Gasteiger partial charge in [-0.15, -0.1) is 0 Å². The molecule has 7 heteroatoms. The summed E-state index contributed by atoms with van der Waals surface area (Å²) in [5.41, 5.74) is 2.57. The fourth-order valence-electron chi connectivity index (χ4n) is 3.38. The van der Waals surface area contributed by atoms with Crippen LogP contribution in [0.4, 0.5) is 15.8 Å². The molecular formula is C23H20Cl2FN3O. The minimum Gasteiger partial charge on any atom is -0.365 e. The first-order valence-corrected chi connectivity index (χ1v) is 9.94. The normalized spacial score (nSPS) is 15.2. The molecule has 3 rings (SSSR count). The summed E-state index contributed by atoms with van der Waals surface area (Å²) in [6.07, 6.45) is 3.34. The topological polar surface area (TPSA) is 56.1 Å². The molecule has 0 saturated carbocycles. The number of fused-ring (bicyclic) bond motifs is 1. The number of nitriles is 1. The summed E-state index contributed by atoms with van der Waals surface area (Å²) in [6.45, 7) is 6.05. The number of benzene rings is 2. The molecule has 1 N–H and O–H groups in total. The van der Waals surface area contributed by atoms with Gasteiger partial charge < -0.3 is 10.2 Å². The van der Waals surface area contributed by atoms with Crippen molar-refractivity contribution in [3.63, 3.8) is 0 Å². The second kappa shape index (κ2) is 8.14. The van der Waals surface area contributed by atoms with Crippen molar-refractivity contribution in [2.75, 3.05) is 17.3 Å². The maximum atomic E-state index is 14.9. The van der Waals surface area contributed by atoms with Crippen molar-refractivity contribution in [1.29, 1.82) is 5.26 Å². The van der Waals surface area contributed by atoms with E-state index < -0.39 is 11.7 Å². The number of halogens is 3. The van der Waals surface area contributed by atoms with Crippen molar-refractivity contribution in [2.24, 2.45) is 0 Å². The summed E-state index contributed by atoms with van der Waals surface area (Å²) >= 11 is 11.9. The number of nitrogens with zero attached hydrogens (tertiary/aromatic N) is 2. The highest BCUT2D eigenvalue weighted by molar-refractivity contribution is 6.36. The van der Waals surface area contributed by atoms with E-state index in [1.807, 2.05) is 38.8 Å². The third-order valence-corrected chi connectivity index (χ3v) is 5.73. The van der Waals surface area contributed by atoms with Crippen LogP contribution in [0.5, 0.6) is 0 Å². The van der Waals surface area contributed by atoms with Crippen molar-refractivity contribution in [1.82, 2.24) is 0 Å². The average molecular weight is 444 g/mol. The summed E-state index contributed by atoms with van der Waals surface area (Å²) < 4.78 is 14.9. The molecule has 0 atom stereocenters. The molecule has 30 heavy (non-hydrogen) atoms. The molecule has 1 aliphatic heterocycles. The summed E-state index contributed by atoms with van der Waals surface area (Å²) in [7, 11) is 1.90. The van der Waals surface area contributed by atoms with E-state index in [0.717, 1.165) is 16.8 Å². The van der Waals surface area contributed by atoms with E-state index in [1.165, 1.54) is 24.3 Å². The molecule has 2 aromatic carbocycles. The van der Waals surface area contributed by atoms with Crippen LogP contribution >= 0.6 is 23.2 Å². The lowest BCUT2D eigenvalue weighted by Gasteiger charge is -2.40. The SMILES string of the molecule is CC1=CC(C)(C)N(C)c2cc(F)c(/C=C(\C#N)C(=O)Nc3ccc(Cl)cc3Cl)cc21. The Balaban J connectivity index is 1.98. The molecule has 0 unspecified atom stereocenters. The monoisotopic (exact) mass is 443 g/mol. The smallest absolute Gasteiger partial charge is 0.266 e. The molecule has 2 aromatic rings. The van der Waals surface area contributed by atoms with E-state index >= 15 is 0 Å². The number of carbonyl (C=O) groups is 1. The van der Waals surface area contributed by atoms with Gasteiger partial charge in [0.25, 0.3) is 5.91 Å². The van der Waals surface area contributed by atoms with E-state index in [9.17, 15) is 14.4 Å². The number of amides is 1. The van der Waals surface area contributed by atoms with Crippen LogP contribution in [-0.4, -0.2) is 18.5 Å². The molecule has 1 heterocycles. The lowest BCUT2D eigenvalue weighted by Crippen LogP contribution is -2.42. The van der Waals surface area contributed by atoms with Gasteiger partial charge in [0.2, 0.25) is 0 Å². The molecule has 0 spiro atoms. The van der Waals surface area contributed by atoms with Gasteiger partial charge in [-0.3, -0.25) is 4.79 Å². The summed E-state index contributed by atoms with van der Waals surface area (Å²) in [5, 5.41) is 12.7. The molecule has 0 aromatic heterocycles. The Morgan fingerprint density at radius 3 is 2.60 bits per heavy atom. The summed E-state index contributed by atoms with van der Waals surface area (Å²) in [5.74, 6) is -1.21. The van der Waals surface area contributed by atoms with E-state index in [1.54, 1.807) is 12.1 Å². The minimum absolute atomic E-state index is 0.156. The number of likely N-dealkylation sites (N-methyl/N-ethyl adjacent to an activating group) is 1. The van der Waals surface area contributed by atoms with E-state index in [2.05, 4.69) is 11.4 Å². The van der Waals surface area contributed by atoms with Gasteiger partial charge in [-0.05, 0) is 62.8 Å². The zero-order chi connectivity index (χ0) is 22.2. The second-order valence-corrected chi connectivity index (χ2v) is 8.52. The van der Waals surface area contributed by atoms with Gasteiger partial charge in [0, 0.05) is 28.9 Å². The molecule has 4 nitrogen and oxygen atoms in total. The van der Waals surface area contributed by atoms with Gasteiger partial charge in [-0.25, -0.2) is 4.39 Å². The van der Waals surface area contributed by atoms with Crippen LogP contribution in [0.3, 0.4) is 0 Å². The van der Waals surface area contributed by atoms with Gasteiger partial charge in [0.15, 0.2) is 0 Å². The Kier molecular flexibility index (Phi) is 5.94. The first kappa shape index (κ1) is 21.9. The van der Waals surface area contributed by atoms with Crippen LogP contribution in [0.25, 0.3) is 11.6 Å². The fourth-order valence-corrected chi connectivity index (χ4v) is 3.84. The number of carbonyl (C=O) groups excluding carboxylic acids is 1. The molecule has 0 saturated heterocycles. The molecule has 0 aliphatic carbocycles. The quantitative estimate of drug-likeness (QED) is 0.446. The zero-order valence-corrected chi connectivity index (χ0v) is 18.5. The van der Waals surface area contributed by atoms with Crippen LogP contribution < -0.4 is 10.2 Å². The molecule has 1 amide bonds. The highest BCUT2D eigenvalue weighted by Gasteiger charge is 2.29. The summed E-state index contributed by atoms with van der Waals surface area (Å²) in [6, 6.07) is 9.49. The van der Waals surface area contributed by atoms with Gasteiger partial charge in [-0.2, -0.15) is 5.26 Å². The maximum absolute atomic E-state index is 14.9. The van der Waals surface area contributed by atoms with Crippen LogP contribution in [0.2, 0.25) is 10.0 Å². The highest BCUT2D eigenvalue weighted by Crippen LogP contribution is 2.39. The molecule has 0 radical (unpaired) electrons. The minimum atomic E-state index is -0.690. The average Bonchev–Trinajstić information content (AvgIpc) is 2.66. The zero-order valence-electron chi connectivity index (χ0n) is 17.0. The maximum Gasteiger partial charge on any atom is 0.266 e. The first-order valence-electron chi connectivity index (χ1n) is 9.19. The predicted octanol–water partition coefficient (Wildman–Crippen LogP) is 6.31. The standard InChI is InChI=1S/C23H20Cl2FN3O/c1-13-11-23(2,3)29(4)21-10-19(26)14(8-17(13)21)7-15(12-27)22(30)28-20-6-5-16(24)9-18(20)25/h5-11H,1-4H3,(H,28,30)/b15-7+. The number of anilines is 2. The van der Waals surface area contributed by atoms with Gasteiger partial charge in [-0.1, -0.05) is 29.3 Å². The number of nitrogens with one attached hydrogen (secondary N) is 1. The molecular weight excluding hydrogens is 424 g/mol.